The van der Waals surface area contributed by atoms with Gasteiger partial charge in [0.2, 0.25) is 11.8 Å². The Hall–Kier alpha value is -2.97. The number of hydrogen-bond donors (Lipinski definition) is 0. The molecule has 4 aromatic rings. The Balaban J connectivity index is 1.37. The highest BCUT2D eigenvalue weighted by molar-refractivity contribution is 7.99. The lowest BCUT2D eigenvalue weighted by molar-refractivity contribution is 0.213. The zero-order valence-electron chi connectivity index (χ0n) is 18.8. The summed E-state index contributed by atoms with van der Waals surface area (Å²) in [5.41, 5.74) is 2.15. The third kappa shape index (κ3) is 5.34. The average molecular weight is 461 g/mol. The van der Waals surface area contributed by atoms with E-state index in [2.05, 4.69) is 61.1 Å². The molecule has 0 N–H and O–H groups in total. The van der Waals surface area contributed by atoms with E-state index in [9.17, 15) is 0 Å². The van der Waals surface area contributed by atoms with Crippen molar-refractivity contribution in [3.63, 3.8) is 0 Å². The molecule has 1 atom stereocenters. The topological polar surface area (TPSA) is 72.9 Å². The zero-order valence-corrected chi connectivity index (χ0v) is 19.6. The van der Waals surface area contributed by atoms with Gasteiger partial charge in [0.25, 0.3) is 0 Å². The van der Waals surface area contributed by atoms with Crippen LogP contribution in [0.4, 0.5) is 0 Å². The second-order valence-electron chi connectivity index (χ2n) is 8.38. The minimum atomic E-state index is -0.0449. The molecule has 1 aliphatic rings. The summed E-state index contributed by atoms with van der Waals surface area (Å²) in [6.45, 7) is 5.89. The highest BCUT2D eigenvalue weighted by atomic mass is 32.2. The Morgan fingerprint density at radius 2 is 1.58 bits per heavy atom. The zero-order chi connectivity index (χ0) is 22.5. The van der Waals surface area contributed by atoms with Gasteiger partial charge in [-0.25, -0.2) is 0 Å². The Morgan fingerprint density at radius 3 is 2.33 bits per heavy atom. The van der Waals surface area contributed by atoms with Crippen molar-refractivity contribution in [1.82, 2.24) is 29.9 Å². The molecule has 7 nitrogen and oxygen atoms in total. The van der Waals surface area contributed by atoms with Crippen molar-refractivity contribution >= 4 is 11.8 Å². The van der Waals surface area contributed by atoms with Crippen LogP contribution in [0.2, 0.25) is 0 Å². The number of likely N-dealkylation sites (tertiary alicyclic amines) is 1. The molecule has 2 aromatic heterocycles. The molecule has 0 aliphatic carbocycles. The van der Waals surface area contributed by atoms with E-state index in [4.69, 9.17) is 4.42 Å². The number of hydrogen-bond acceptors (Lipinski definition) is 7. The summed E-state index contributed by atoms with van der Waals surface area (Å²) in [4.78, 5) is 2.48. The highest BCUT2D eigenvalue weighted by Crippen LogP contribution is 2.35. The van der Waals surface area contributed by atoms with Gasteiger partial charge in [-0.2, -0.15) is 0 Å². The molecule has 2 aromatic carbocycles. The van der Waals surface area contributed by atoms with Crippen molar-refractivity contribution < 1.29 is 4.42 Å². The SMILES string of the molecule is CC(Sc1nnc(CN2CCCCC2)n1Cc1ccccc1)c1nnc(-c2ccccc2)o1. The third-order valence-electron chi connectivity index (χ3n) is 5.88. The number of rotatable bonds is 8. The van der Waals surface area contributed by atoms with Crippen LogP contribution in [0.3, 0.4) is 0 Å². The summed E-state index contributed by atoms with van der Waals surface area (Å²) >= 11 is 1.61. The fourth-order valence-electron chi connectivity index (χ4n) is 4.07. The number of piperidine rings is 1. The predicted octanol–water partition coefficient (Wildman–Crippen LogP) is 5.22. The monoisotopic (exact) mass is 460 g/mol. The van der Waals surface area contributed by atoms with Crippen molar-refractivity contribution in [3.05, 3.63) is 77.9 Å². The highest BCUT2D eigenvalue weighted by Gasteiger charge is 2.22. The van der Waals surface area contributed by atoms with Gasteiger partial charge < -0.3 is 8.98 Å². The van der Waals surface area contributed by atoms with Crippen LogP contribution < -0.4 is 0 Å². The standard InChI is InChI=1S/C25H28N6OS/c1-19(23-27-28-24(32-23)21-13-7-3-8-14-21)33-25-29-26-22(18-30-15-9-4-10-16-30)31(25)17-20-11-5-2-6-12-20/h2-3,5-8,11-14,19H,4,9-10,15-18H2,1H3. The molecule has 1 fully saturated rings. The maximum atomic E-state index is 5.98. The second kappa shape index (κ2) is 10.3. The molecule has 3 heterocycles. The molecule has 0 amide bonds. The lowest BCUT2D eigenvalue weighted by Crippen LogP contribution is -2.30. The molecule has 1 unspecified atom stereocenters. The minimum Gasteiger partial charge on any atom is -0.419 e. The van der Waals surface area contributed by atoms with Gasteiger partial charge in [-0.05, 0) is 50.6 Å². The first-order chi connectivity index (χ1) is 16.3. The molecule has 5 rings (SSSR count). The maximum Gasteiger partial charge on any atom is 0.247 e. The molecule has 1 saturated heterocycles. The number of aromatic nitrogens is 5. The molecule has 0 bridgehead atoms. The summed E-state index contributed by atoms with van der Waals surface area (Å²) in [7, 11) is 0. The summed E-state index contributed by atoms with van der Waals surface area (Å²) in [5, 5.41) is 18.5. The van der Waals surface area contributed by atoms with Gasteiger partial charge in [-0.1, -0.05) is 66.7 Å². The molecule has 0 saturated carbocycles. The number of nitrogens with zero attached hydrogens (tertiary/aromatic N) is 6. The summed E-state index contributed by atoms with van der Waals surface area (Å²) in [6.07, 6.45) is 3.83. The van der Waals surface area contributed by atoms with E-state index in [1.54, 1.807) is 11.8 Å². The molecular weight excluding hydrogens is 432 g/mol. The van der Waals surface area contributed by atoms with Crippen LogP contribution in [0.15, 0.2) is 70.2 Å². The van der Waals surface area contributed by atoms with Crippen LogP contribution in [-0.4, -0.2) is 43.0 Å². The van der Waals surface area contributed by atoms with E-state index in [-0.39, 0.29) is 5.25 Å². The van der Waals surface area contributed by atoms with Gasteiger partial charge in [0.15, 0.2) is 5.16 Å². The first kappa shape index (κ1) is 21.9. The minimum absolute atomic E-state index is 0.0449. The Kier molecular flexibility index (Phi) is 6.83. The van der Waals surface area contributed by atoms with Gasteiger partial charge in [0.05, 0.1) is 18.3 Å². The molecule has 0 radical (unpaired) electrons. The van der Waals surface area contributed by atoms with Crippen LogP contribution in [0.5, 0.6) is 0 Å². The number of thioether (sulfide) groups is 1. The fraction of sp³-hybridized carbons (Fsp3) is 0.360. The molecule has 33 heavy (non-hydrogen) atoms. The van der Waals surface area contributed by atoms with Gasteiger partial charge in [-0.3, -0.25) is 4.90 Å². The van der Waals surface area contributed by atoms with E-state index in [0.29, 0.717) is 11.8 Å². The van der Waals surface area contributed by atoms with E-state index >= 15 is 0 Å². The van der Waals surface area contributed by atoms with E-state index in [1.165, 1.54) is 24.8 Å². The van der Waals surface area contributed by atoms with E-state index in [1.807, 2.05) is 36.4 Å². The third-order valence-corrected chi connectivity index (χ3v) is 6.95. The molecular formula is C25H28N6OS. The lowest BCUT2D eigenvalue weighted by Gasteiger charge is -2.26. The molecule has 0 spiro atoms. The van der Waals surface area contributed by atoms with Crippen molar-refractivity contribution in [3.8, 4) is 11.5 Å². The first-order valence-electron chi connectivity index (χ1n) is 11.5. The maximum absolute atomic E-state index is 5.98. The largest absolute Gasteiger partial charge is 0.419 e. The summed E-state index contributed by atoms with van der Waals surface area (Å²) < 4.78 is 8.22. The van der Waals surface area contributed by atoms with Gasteiger partial charge in [0, 0.05) is 5.56 Å². The van der Waals surface area contributed by atoms with Crippen LogP contribution in [-0.2, 0) is 13.1 Å². The van der Waals surface area contributed by atoms with Crippen LogP contribution in [0.25, 0.3) is 11.5 Å². The second-order valence-corrected chi connectivity index (χ2v) is 9.69. The Bertz CT molecular complexity index is 1150. The summed E-state index contributed by atoms with van der Waals surface area (Å²) in [6, 6.07) is 20.3. The van der Waals surface area contributed by atoms with E-state index in [0.717, 1.165) is 42.7 Å². The van der Waals surface area contributed by atoms with Crippen molar-refractivity contribution in [2.45, 2.75) is 49.7 Å². The van der Waals surface area contributed by atoms with Crippen LogP contribution in [0.1, 0.15) is 48.7 Å². The average Bonchev–Trinajstić information content (AvgIpc) is 3.50. The lowest BCUT2D eigenvalue weighted by atomic mass is 10.1. The quantitative estimate of drug-likeness (QED) is 0.334. The van der Waals surface area contributed by atoms with Crippen molar-refractivity contribution in [2.75, 3.05) is 13.1 Å². The Morgan fingerprint density at radius 1 is 0.848 bits per heavy atom. The fourth-order valence-corrected chi connectivity index (χ4v) is 4.97. The molecule has 8 heteroatoms. The molecule has 1 aliphatic heterocycles. The van der Waals surface area contributed by atoms with E-state index < -0.39 is 0 Å². The van der Waals surface area contributed by atoms with Crippen molar-refractivity contribution in [2.24, 2.45) is 0 Å². The number of benzene rings is 2. The van der Waals surface area contributed by atoms with Gasteiger partial charge in [0.1, 0.15) is 5.82 Å². The van der Waals surface area contributed by atoms with Crippen molar-refractivity contribution in [1.29, 1.82) is 0 Å². The molecule has 170 valence electrons. The van der Waals surface area contributed by atoms with Gasteiger partial charge >= 0.3 is 0 Å². The van der Waals surface area contributed by atoms with Crippen LogP contribution >= 0.6 is 11.8 Å². The first-order valence-corrected chi connectivity index (χ1v) is 12.4. The Labute approximate surface area is 198 Å². The predicted molar refractivity (Wildman–Crippen MR) is 129 cm³/mol. The smallest absolute Gasteiger partial charge is 0.247 e. The van der Waals surface area contributed by atoms with Crippen LogP contribution in [0, 0.1) is 0 Å². The normalized spacial score (nSPS) is 15.5. The van der Waals surface area contributed by atoms with Gasteiger partial charge in [-0.15, -0.1) is 20.4 Å². The summed E-state index contributed by atoms with van der Waals surface area (Å²) in [5.74, 6) is 2.13.